The first kappa shape index (κ1) is 19.4. The zero-order valence-corrected chi connectivity index (χ0v) is 13.4. The Hall–Kier alpha value is -1.65. The topological polar surface area (TPSA) is 101 Å². The highest BCUT2D eigenvalue weighted by molar-refractivity contribution is 7.89. The van der Waals surface area contributed by atoms with E-state index < -0.39 is 34.2 Å². The molecular formula is C13H18F3N3O3S. The number of benzene rings is 1. The number of nitrogens with two attached hydrogens (primary N) is 1. The molecule has 6 nitrogen and oxygen atoms in total. The summed E-state index contributed by atoms with van der Waals surface area (Å²) in [7, 11) is -3.81. The van der Waals surface area contributed by atoms with E-state index in [-0.39, 0.29) is 17.0 Å². The average Bonchev–Trinajstić information content (AvgIpc) is 2.41. The summed E-state index contributed by atoms with van der Waals surface area (Å²) < 4.78 is 62.4. The van der Waals surface area contributed by atoms with Crippen molar-refractivity contribution in [2.24, 2.45) is 5.73 Å². The molecule has 0 radical (unpaired) electrons. The summed E-state index contributed by atoms with van der Waals surface area (Å²) in [5.74, 6) is -0.942. The molecule has 0 heterocycles. The Morgan fingerprint density at radius 3 is 2.09 bits per heavy atom. The first-order valence-corrected chi connectivity index (χ1v) is 8.02. The van der Waals surface area contributed by atoms with E-state index in [1.54, 1.807) is 19.2 Å². The molecule has 1 aromatic rings. The van der Waals surface area contributed by atoms with Crippen LogP contribution in [0.4, 0.5) is 13.2 Å². The van der Waals surface area contributed by atoms with Crippen molar-refractivity contribution >= 4 is 15.9 Å². The minimum Gasteiger partial charge on any atom is -0.343 e. The van der Waals surface area contributed by atoms with E-state index in [2.05, 4.69) is 4.72 Å². The van der Waals surface area contributed by atoms with Crippen LogP contribution in [0.2, 0.25) is 0 Å². The van der Waals surface area contributed by atoms with E-state index >= 15 is 0 Å². The van der Waals surface area contributed by atoms with Crippen molar-refractivity contribution in [2.75, 3.05) is 13.1 Å². The number of sulfonamides is 1. The molecule has 0 fully saturated rings. The summed E-state index contributed by atoms with van der Waals surface area (Å²) in [5, 5.41) is 1.70. The second-order valence-electron chi connectivity index (χ2n) is 5.64. The Kier molecular flexibility index (Phi) is 5.78. The molecule has 1 amide bonds. The standard InChI is InChI=1S/C13H18F3N3O3S/c1-12(2,17)7-19-23(21,22)10-5-3-9(4-6-10)11(20)18-8-13(14,15)16/h3-6,19H,7-8,17H2,1-2H3,(H,18,20). The molecule has 130 valence electrons. The molecule has 0 spiro atoms. The number of amides is 1. The van der Waals surface area contributed by atoms with Crippen LogP contribution in [0.3, 0.4) is 0 Å². The Bertz CT molecular complexity index is 650. The van der Waals surface area contributed by atoms with E-state index in [4.69, 9.17) is 5.73 Å². The molecule has 0 unspecified atom stereocenters. The third kappa shape index (κ3) is 6.97. The van der Waals surface area contributed by atoms with Gasteiger partial charge in [-0.05, 0) is 38.1 Å². The van der Waals surface area contributed by atoms with Crippen LogP contribution < -0.4 is 15.8 Å². The van der Waals surface area contributed by atoms with Crippen molar-refractivity contribution in [3.05, 3.63) is 29.8 Å². The molecule has 23 heavy (non-hydrogen) atoms. The van der Waals surface area contributed by atoms with E-state index in [9.17, 15) is 26.4 Å². The van der Waals surface area contributed by atoms with Gasteiger partial charge in [0.1, 0.15) is 6.54 Å². The van der Waals surface area contributed by atoms with Crippen molar-refractivity contribution in [1.82, 2.24) is 10.0 Å². The Morgan fingerprint density at radius 2 is 1.65 bits per heavy atom. The van der Waals surface area contributed by atoms with Crippen LogP contribution in [-0.4, -0.2) is 39.1 Å². The van der Waals surface area contributed by atoms with Gasteiger partial charge in [0.05, 0.1) is 4.90 Å². The molecule has 0 aromatic heterocycles. The van der Waals surface area contributed by atoms with Gasteiger partial charge in [0.25, 0.3) is 5.91 Å². The number of rotatable bonds is 6. The lowest BCUT2D eigenvalue weighted by atomic mass is 10.1. The number of hydrogen-bond acceptors (Lipinski definition) is 4. The molecule has 4 N–H and O–H groups in total. The number of carbonyl (C=O) groups excluding carboxylic acids is 1. The number of hydrogen-bond donors (Lipinski definition) is 3. The highest BCUT2D eigenvalue weighted by atomic mass is 32.2. The predicted molar refractivity (Wildman–Crippen MR) is 78.3 cm³/mol. The van der Waals surface area contributed by atoms with Crippen molar-refractivity contribution in [3.63, 3.8) is 0 Å². The van der Waals surface area contributed by atoms with E-state index in [1.807, 2.05) is 0 Å². The summed E-state index contributed by atoms with van der Waals surface area (Å²) in [6.45, 7) is 1.83. The fourth-order valence-electron chi connectivity index (χ4n) is 1.43. The second-order valence-corrected chi connectivity index (χ2v) is 7.40. The van der Waals surface area contributed by atoms with Crippen LogP contribution in [0, 0.1) is 0 Å². The summed E-state index contributed by atoms with van der Waals surface area (Å²) >= 11 is 0. The first-order valence-electron chi connectivity index (χ1n) is 6.54. The minimum absolute atomic E-state index is 0.00313. The third-order valence-electron chi connectivity index (χ3n) is 2.59. The minimum atomic E-state index is -4.52. The van der Waals surface area contributed by atoms with Gasteiger partial charge in [-0.2, -0.15) is 13.2 Å². The van der Waals surface area contributed by atoms with E-state index in [1.165, 1.54) is 0 Å². The van der Waals surface area contributed by atoms with E-state index in [0.717, 1.165) is 24.3 Å². The van der Waals surface area contributed by atoms with Gasteiger partial charge in [0.2, 0.25) is 10.0 Å². The third-order valence-corrected chi connectivity index (χ3v) is 4.01. The van der Waals surface area contributed by atoms with Gasteiger partial charge >= 0.3 is 6.18 Å². The van der Waals surface area contributed by atoms with Crippen LogP contribution in [-0.2, 0) is 10.0 Å². The normalized spacial score (nSPS) is 13.0. The first-order chi connectivity index (χ1) is 10.3. The molecule has 0 saturated carbocycles. The number of nitrogens with one attached hydrogen (secondary N) is 2. The molecule has 10 heteroatoms. The van der Waals surface area contributed by atoms with Gasteiger partial charge in [-0.25, -0.2) is 13.1 Å². The van der Waals surface area contributed by atoms with Gasteiger partial charge in [0, 0.05) is 17.6 Å². The fraction of sp³-hybridized carbons (Fsp3) is 0.462. The van der Waals surface area contributed by atoms with Gasteiger partial charge in [-0.1, -0.05) is 0 Å². The largest absolute Gasteiger partial charge is 0.405 e. The van der Waals surface area contributed by atoms with Crippen LogP contribution in [0.25, 0.3) is 0 Å². The molecule has 0 aliphatic carbocycles. The summed E-state index contributed by atoms with van der Waals surface area (Å²) in [5.41, 5.74) is 4.86. The summed E-state index contributed by atoms with van der Waals surface area (Å²) in [6.07, 6.45) is -4.52. The maximum Gasteiger partial charge on any atom is 0.405 e. The second kappa shape index (κ2) is 6.85. The van der Waals surface area contributed by atoms with Gasteiger partial charge in [-0.15, -0.1) is 0 Å². The monoisotopic (exact) mass is 353 g/mol. The number of carbonyl (C=O) groups is 1. The lowest BCUT2D eigenvalue weighted by Crippen LogP contribution is -2.45. The van der Waals surface area contributed by atoms with Gasteiger partial charge in [-0.3, -0.25) is 4.79 Å². The van der Waals surface area contributed by atoms with Gasteiger partial charge in [0.15, 0.2) is 0 Å². The highest BCUT2D eigenvalue weighted by Gasteiger charge is 2.28. The summed E-state index contributed by atoms with van der Waals surface area (Å²) in [4.78, 5) is 11.4. The van der Waals surface area contributed by atoms with Crippen LogP contribution in [0.15, 0.2) is 29.2 Å². The summed E-state index contributed by atoms with van der Waals surface area (Å²) in [6, 6.07) is 4.53. The lowest BCUT2D eigenvalue weighted by Gasteiger charge is -2.19. The zero-order chi connectivity index (χ0) is 17.9. The molecule has 0 aliphatic heterocycles. The SMILES string of the molecule is CC(C)(N)CNS(=O)(=O)c1ccc(C(=O)NCC(F)(F)F)cc1. The Balaban J connectivity index is 2.78. The van der Waals surface area contributed by atoms with Crippen molar-refractivity contribution < 1.29 is 26.4 Å². The molecule has 0 saturated heterocycles. The maximum atomic E-state index is 12.0. The van der Waals surface area contributed by atoms with Crippen LogP contribution in [0.1, 0.15) is 24.2 Å². The average molecular weight is 353 g/mol. The predicted octanol–water partition coefficient (Wildman–Crippen LogP) is 0.994. The van der Waals surface area contributed by atoms with Crippen LogP contribution >= 0.6 is 0 Å². The number of alkyl halides is 3. The van der Waals surface area contributed by atoms with Gasteiger partial charge < -0.3 is 11.1 Å². The molecule has 0 atom stereocenters. The molecule has 1 rings (SSSR count). The maximum absolute atomic E-state index is 12.0. The van der Waals surface area contributed by atoms with Crippen molar-refractivity contribution in [3.8, 4) is 0 Å². The van der Waals surface area contributed by atoms with Crippen molar-refractivity contribution in [1.29, 1.82) is 0 Å². The zero-order valence-electron chi connectivity index (χ0n) is 12.6. The quantitative estimate of drug-likeness (QED) is 0.710. The lowest BCUT2D eigenvalue weighted by molar-refractivity contribution is -0.123. The Morgan fingerprint density at radius 1 is 1.13 bits per heavy atom. The molecule has 0 aliphatic rings. The fourth-order valence-corrected chi connectivity index (χ4v) is 2.66. The smallest absolute Gasteiger partial charge is 0.343 e. The van der Waals surface area contributed by atoms with Crippen molar-refractivity contribution in [2.45, 2.75) is 30.5 Å². The molecular weight excluding hydrogens is 335 g/mol. The number of halogens is 3. The molecule has 1 aromatic carbocycles. The highest BCUT2D eigenvalue weighted by Crippen LogP contribution is 2.14. The molecule has 0 bridgehead atoms. The van der Waals surface area contributed by atoms with E-state index in [0.29, 0.717) is 0 Å². The Labute approximate surface area is 132 Å². The van der Waals surface area contributed by atoms with Crippen LogP contribution in [0.5, 0.6) is 0 Å².